The summed E-state index contributed by atoms with van der Waals surface area (Å²) < 4.78 is 4.70. The van der Waals surface area contributed by atoms with Gasteiger partial charge in [0.2, 0.25) is 11.8 Å². The topological polar surface area (TPSA) is 75.7 Å². The number of amides is 2. The number of rotatable bonds is 4. The summed E-state index contributed by atoms with van der Waals surface area (Å²) in [5.41, 5.74) is 3.01. The maximum Gasteiger partial charge on any atom is 0.337 e. The molecule has 2 aliphatic rings. The smallest absolute Gasteiger partial charge is 0.337 e. The molecule has 1 saturated carbocycles. The highest BCUT2D eigenvalue weighted by Gasteiger charge is 2.51. The highest BCUT2D eigenvalue weighted by Crippen LogP contribution is 2.44. The minimum atomic E-state index is -0.461. The zero-order valence-corrected chi connectivity index (χ0v) is 15.8. The number of ether oxygens (including phenoxy) is 1. The Morgan fingerprint density at radius 3 is 2.64 bits per heavy atom. The number of hydrogen-bond acceptors (Lipinski definition) is 4. The molecule has 6 nitrogen and oxygen atoms in total. The molecule has 28 heavy (non-hydrogen) atoms. The number of esters is 1. The van der Waals surface area contributed by atoms with Crippen molar-refractivity contribution >= 4 is 29.2 Å². The molecule has 1 heterocycles. The standard InChI is InChI=1S/C22H22N2O4/c1-13-10-14-6-3-4-9-19(14)24(13)21(26)18-12-17(18)20(25)23-16-8-5-7-15(11-16)22(27)28-2/h3-9,11,13,17-18H,10,12H2,1-2H3,(H,23,25). The van der Waals surface area contributed by atoms with E-state index in [1.165, 1.54) is 12.7 Å². The van der Waals surface area contributed by atoms with Gasteiger partial charge in [-0.15, -0.1) is 0 Å². The summed E-state index contributed by atoms with van der Waals surface area (Å²) >= 11 is 0. The van der Waals surface area contributed by atoms with Crippen LogP contribution in [0.3, 0.4) is 0 Å². The molecule has 0 spiro atoms. The van der Waals surface area contributed by atoms with Crippen LogP contribution >= 0.6 is 0 Å². The average molecular weight is 378 g/mol. The normalized spacial score (nSPS) is 22.4. The van der Waals surface area contributed by atoms with Gasteiger partial charge in [-0.05, 0) is 49.6 Å². The molecule has 0 bridgehead atoms. The van der Waals surface area contributed by atoms with E-state index in [1.54, 1.807) is 24.3 Å². The van der Waals surface area contributed by atoms with E-state index in [0.29, 0.717) is 17.7 Å². The number of methoxy groups -OCH3 is 1. The van der Waals surface area contributed by atoms with E-state index in [4.69, 9.17) is 4.74 Å². The summed E-state index contributed by atoms with van der Waals surface area (Å²) in [6.07, 6.45) is 1.39. The van der Waals surface area contributed by atoms with Gasteiger partial charge in [-0.1, -0.05) is 24.3 Å². The fourth-order valence-corrected chi connectivity index (χ4v) is 3.91. The van der Waals surface area contributed by atoms with Crippen LogP contribution in [0, 0.1) is 11.8 Å². The molecule has 0 radical (unpaired) electrons. The molecule has 6 heteroatoms. The third-order valence-corrected chi connectivity index (χ3v) is 5.44. The summed E-state index contributed by atoms with van der Waals surface area (Å²) in [5.74, 6) is -1.27. The minimum Gasteiger partial charge on any atom is -0.465 e. The van der Waals surface area contributed by atoms with Crippen molar-refractivity contribution in [2.45, 2.75) is 25.8 Å². The van der Waals surface area contributed by atoms with Crippen LogP contribution in [0.15, 0.2) is 48.5 Å². The van der Waals surface area contributed by atoms with Crippen molar-refractivity contribution in [1.82, 2.24) is 0 Å². The van der Waals surface area contributed by atoms with Crippen LogP contribution in [0.2, 0.25) is 0 Å². The summed E-state index contributed by atoms with van der Waals surface area (Å²) in [7, 11) is 1.31. The van der Waals surface area contributed by atoms with E-state index in [2.05, 4.69) is 5.32 Å². The van der Waals surface area contributed by atoms with Gasteiger partial charge in [0.1, 0.15) is 0 Å². The lowest BCUT2D eigenvalue weighted by Gasteiger charge is -2.23. The SMILES string of the molecule is COC(=O)c1cccc(NC(=O)C2CC2C(=O)N2c3ccccc3CC2C)c1. The maximum absolute atomic E-state index is 13.0. The van der Waals surface area contributed by atoms with E-state index in [1.807, 2.05) is 36.1 Å². The number of nitrogens with zero attached hydrogens (tertiary/aromatic N) is 1. The van der Waals surface area contributed by atoms with Crippen LogP contribution in [-0.4, -0.2) is 30.9 Å². The third kappa shape index (κ3) is 3.26. The Morgan fingerprint density at radius 1 is 1.07 bits per heavy atom. The van der Waals surface area contributed by atoms with E-state index in [-0.39, 0.29) is 29.7 Å². The molecule has 0 aromatic heterocycles. The molecule has 2 aromatic carbocycles. The summed E-state index contributed by atoms with van der Waals surface area (Å²) in [6, 6.07) is 14.6. The van der Waals surface area contributed by atoms with Crippen LogP contribution in [0.1, 0.15) is 29.3 Å². The molecule has 0 saturated heterocycles. The van der Waals surface area contributed by atoms with Crippen LogP contribution in [0.5, 0.6) is 0 Å². The number of anilines is 2. The number of carbonyl (C=O) groups is 3. The van der Waals surface area contributed by atoms with Gasteiger partial charge >= 0.3 is 5.97 Å². The van der Waals surface area contributed by atoms with Crippen LogP contribution in [0.25, 0.3) is 0 Å². The molecule has 1 fully saturated rings. The molecule has 1 aliphatic carbocycles. The molecule has 2 aromatic rings. The first kappa shape index (κ1) is 18.2. The Morgan fingerprint density at radius 2 is 1.86 bits per heavy atom. The van der Waals surface area contributed by atoms with E-state index < -0.39 is 5.97 Å². The Bertz CT molecular complexity index is 955. The van der Waals surface area contributed by atoms with Gasteiger partial charge in [-0.3, -0.25) is 9.59 Å². The van der Waals surface area contributed by atoms with Gasteiger partial charge < -0.3 is 15.0 Å². The Hall–Kier alpha value is -3.15. The molecule has 1 aliphatic heterocycles. The monoisotopic (exact) mass is 378 g/mol. The fraction of sp³-hybridized carbons (Fsp3) is 0.318. The molecule has 1 N–H and O–H groups in total. The molecular weight excluding hydrogens is 356 g/mol. The number of nitrogens with one attached hydrogen (secondary N) is 1. The maximum atomic E-state index is 13.0. The van der Waals surface area contributed by atoms with E-state index in [0.717, 1.165) is 12.1 Å². The van der Waals surface area contributed by atoms with Crippen molar-refractivity contribution in [2.24, 2.45) is 11.8 Å². The second-order valence-electron chi connectivity index (χ2n) is 7.40. The van der Waals surface area contributed by atoms with Gasteiger partial charge in [-0.25, -0.2) is 4.79 Å². The Labute approximate surface area is 163 Å². The molecule has 3 atom stereocenters. The average Bonchev–Trinajstić information content (AvgIpc) is 3.43. The largest absolute Gasteiger partial charge is 0.465 e. The van der Waals surface area contributed by atoms with Crippen molar-refractivity contribution < 1.29 is 19.1 Å². The molecular formula is C22H22N2O4. The number of hydrogen-bond donors (Lipinski definition) is 1. The van der Waals surface area contributed by atoms with Gasteiger partial charge in [-0.2, -0.15) is 0 Å². The quantitative estimate of drug-likeness (QED) is 0.830. The zero-order valence-electron chi connectivity index (χ0n) is 15.8. The highest BCUT2D eigenvalue weighted by atomic mass is 16.5. The minimum absolute atomic E-state index is 0.0147. The Balaban J connectivity index is 1.42. The first-order chi connectivity index (χ1) is 13.5. The van der Waals surface area contributed by atoms with Crippen molar-refractivity contribution in [3.8, 4) is 0 Å². The zero-order chi connectivity index (χ0) is 19.8. The van der Waals surface area contributed by atoms with Crippen molar-refractivity contribution in [3.63, 3.8) is 0 Å². The first-order valence-corrected chi connectivity index (χ1v) is 9.40. The molecule has 2 amide bonds. The van der Waals surface area contributed by atoms with E-state index in [9.17, 15) is 14.4 Å². The van der Waals surface area contributed by atoms with Gasteiger partial charge in [0.05, 0.1) is 24.5 Å². The molecule has 144 valence electrons. The summed E-state index contributed by atoms with van der Waals surface area (Å²) in [4.78, 5) is 39.1. The van der Waals surface area contributed by atoms with Crippen LogP contribution in [-0.2, 0) is 20.7 Å². The number of para-hydroxylation sites is 1. The lowest BCUT2D eigenvalue weighted by Crippen LogP contribution is -2.37. The second kappa shape index (κ2) is 7.11. The van der Waals surface area contributed by atoms with Gasteiger partial charge in [0.15, 0.2) is 0 Å². The summed E-state index contributed by atoms with van der Waals surface area (Å²) in [5, 5.41) is 2.81. The highest BCUT2D eigenvalue weighted by molar-refractivity contribution is 6.05. The van der Waals surface area contributed by atoms with Crippen LogP contribution < -0.4 is 10.2 Å². The van der Waals surface area contributed by atoms with Crippen LogP contribution in [0.4, 0.5) is 11.4 Å². The number of fused-ring (bicyclic) bond motifs is 1. The van der Waals surface area contributed by atoms with Gasteiger partial charge in [0, 0.05) is 17.4 Å². The summed E-state index contributed by atoms with van der Waals surface area (Å²) in [6.45, 7) is 2.04. The lowest BCUT2D eigenvalue weighted by molar-refractivity contribution is -0.123. The number of benzene rings is 2. The molecule has 4 rings (SSSR count). The van der Waals surface area contributed by atoms with Gasteiger partial charge in [0.25, 0.3) is 0 Å². The lowest BCUT2D eigenvalue weighted by atomic mass is 10.1. The van der Waals surface area contributed by atoms with E-state index >= 15 is 0 Å². The van der Waals surface area contributed by atoms with Crippen molar-refractivity contribution in [1.29, 1.82) is 0 Å². The van der Waals surface area contributed by atoms with Crippen molar-refractivity contribution in [3.05, 3.63) is 59.7 Å². The third-order valence-electron chi connectivity index (χ3n) is 5.44. The fourth-order valence-electron chi connectivity index (χ4n) is 3.91. The Kier molecular flexibility index (Phi) is 4.63. The predicted octanol–water partition coefficient (Wildman–Crippen LogP) is 3.03. The first-order valence-electron chi connectivity index (χ1n) is 9.40. The predicted molar refractivity (Wildman–Crippen MR) is 105 cm³/mol. The number of carbonyl (C=O) groups excluding carboxylic acids is 3. The second-order valence-corrected chi connectivity index (χ2v) is 7.40. The van der Waals surface area contributed by atoms with Crippen molar-refractivity contribution in [2.75, 3.05) is 17.3 Å². The molecule has 3 unspecified atom stereocenters.